The second-order valence-corrected chi connectivity index (χ2v) is 10.4. The molecule has 2 amide bonds. The van der Waals surface area contributed by atoms with Gasteiger partial charge in [0, 0.05) is 37.2 Å². The van der Waals surface area contributed by atoms with Gasteiger partial charge in [0.05, 0.1) is 0 Å². The van der Waals surface area contributed by atoms with Gasteiger partial charge >= 0.3 is 5.97 Å². The Balaban J connectivity index is 1.46. The fraction of sp³-hybridized carbons (Fsp3) is 0.704. The van der Waals surface area contributed by atoms with Gasteiger partial charge in [-0.2, -0.15) is 0 Å². The van der Waals surface area contributed by atoms with E-state index in [1.165, 1.54) is 5.56 Å². The molecule has 0 spiro atoms. The third kappa shape index (κ3) is 7.18. The summed E-state index contributed by atoms with van der Waals surface area (Å²) in [7, 11) is 0. The monoisotopic (exact) mass is 486 g/mol. The summed E-state index contributed by atoms with van der Waals surface area (Å²) < 4.78 is 0. The van der Waals surface area contributed by atoms with Crippen molar-refractivity contribution in [3.63, 3.8) is 0 Å². The smallest absolute Gasteiger partial charge is 0.326 e. The topological polar surface area (TPSA) is 112 Å². The van der Waals surface area contributed by atoms with Crippen LogP contribution in [0.4, 0.5) is 5.82 Å². The number of aryl methyl sites for hydroxylation is 2. The van der Waals surface area contributed by atoms with Crippen molar-refractivity contribution in [3.05, 3.63) is 23.4 Å². The van der Waals surface area contributed by atoms with Crippen LogP contribution in [0.3, 0.4) is 0 Å². The summed E-state index contributed by atoms with van der Waals surface area (Å²) in [6, 6.07) is 3.25. The maximum absolute atomic E-state index is 12.8. The molecule has 194 valence electrons. The predicted molar refractivity (Wildman–Crippen MR) is 136 cm³/mol. The van der Waals surface area contributed by atoms with Crippen molar-refractivity contribution in [1.29, 1.82) is 0 Å². The number of carboxylic acids is 1. The lowest BCUT2D eigenvalue weighted by Crippen LogP contribution is -2.49. The molecule has 1 fully saturated rings. The number of aromatic nitrogens is 1. The maximum atomic E-state index is 12.8. The van der Waals surface area contributed by atoms with Crippen molar-refractivity contribution in [1.82, 2.24) is 15.2 Å². The molecule has 2 aliphatic heterocycles. The number of fused-ring (bicyclic) bond motifs is 1. The quantitative estimate of drug-likeness (QED) is 0.439. The lowest BCUT2D eigenvalue weighted by Gasteiger charge is -2.34. The Morgan fingerprint density at radius 3 is 2.66 bits per heavy atom. The van der Waals surface area contributed by atoms with Crippen LogP contribution < -0.4 is 10.6 Å². The number of anilines is 1. The summed E-state index contributed by atoms with van der Waals surface area (Å²) in [5.41, 5.74) is 1.64. The largest absolute Gasteiger partial charge is 0.480 e. The zero-order valence-electron chi connectivity index (χ0n) is 21.6. The van der Waals surface area contributed by atoms with Crippen LogP contribution >= 0.6 is 0 Å². The van der Waals surface area contributed by atoms with E-state index in [0.29, 0.717) is 38.8 Å². The molecule has 2 unspecified atom stereocenters. The van der Waals surface area contributed by atoms with Gasteiger partial charge < -0.3 is 20.6 Å². The third-order valence-electron chi connectivity index (χ3n) is 7.82. The lowest BCUT2D eigenvalue weighted by molar-refractivity contribution is -0.144. The molecule has 0 bridgehead atoms. The zero-order valence-corrected chi connectivity index (χ0v) is 21.6. The Labute approximate surface area is 209 Å². The Hall–Kier alpha value is -2.64. The van der Waals surface area contributed by atoms with Crippen molar-refractivity contribution in [3.8, 4) is 0 Å². The minimum Gasteiger partial charge on any atom is -0.480 e. The van der Waals surface area contributed by atoms with Crippen molar-refractivity contribution in [2.24, 2.45) is 11.3 Å². The van der Waals surface area contributed by atoms with E-state index >= 15 is 0 Å². The summed E-state index contributed by atoms with van der Waals surface area (Å²) in [4.78, 5) is 44.0. The molecule has 0 saturated carbocycles. The van der Waals surface area contributed by atoms with E-state index in [0.717, 1.165) is 56.6 Å². The standard InChI is InChI=1S/C27H42N4O4/c1-4-14-27(3,5-2)26(35)30-22(25(33)34)18-19-12-16-31(17-13-19)23(32)11-10-21-9-8-20-7-6-15-28-24(20)29-21/h8-9,19,22H,4-7,10-18H2,1-3H3,(H,28,29)(H,30,35)(H,33,34). The molecule has 3 heterocycles. The first-order valence-corrected chi connectivity index (χ1v) is 13.3. The second kappa shape index (κ2) is 12.4. The van der Waals surface area contributed by atoms with Gasteiger partial charge in [-0.15, -0.1) is 0 Å². The van der Waals surface area contributed by atoms with E-state index in [1.54, 1.807) is 0 Å². The van der Waals surface area contributed by atoms with Gasteiger partial charge in [-0.05, 0) is 68.9 Å². The van der Waals surface area contributed by atoms with Crippen molar-refractivity contribution >= 4 is 23.6 Å². The molecule has 2 aliphatic rings. The van der Waals surface area contributed by atoms with Crippen LogP contribution in [-0.4, -0.2) is 58.5 Å². The Bertz CT molecular complexity index is 897. The molecule has 0 aliphatic carbocycles. The number of rotatable bonds is 11. The molecule has 35 heavy (non-hydrogen) atoms. The van der Waals surface area contributed by atoms with Crippen molar-refractivity contribution in [2.45, 2.75) is 91.0 Å². The number of likely N-dealkylation sites (tertiary alicyclic amines) is 1. The summed E-state index contributed by atoms with van der Waals surface area (Å²) in [6.07, 6.45) is 7.43. The Morgan fingerprint density at radius 1 is 1.26 bits per heavy atom. The molecule has 1 saturated heterocycles. The first-order chi connectivity index (χ1) is 16.8. The van der Waals surface area contributed by atoms with Gasteiger partial charge in [0.15, 0.2) is 0 Å². The van der Waals surface area contributed by atoms with Gasteiger partial charge in [-0.3, -0.25) is 9.59 Å². The van der Waals surface area contributed by atoms with Crippen LogP contribution in [0.5, 0.6) is 0 Å². The van der Waals surface area contributed by atoms with Crippen LogP contribution in [0.15, 0.2) is 12.1 Å². The molecular weight excluding hydrogens is 444 g/mol. The Morgan fingerprint density at radius 2 is 2.00 bits per heavy atom. The SMILES string of the molecule is CCCC(C)(CC)C(=O)NC(CC1CCN(C(=O)CCc2ccc3c(n2)NCCC3)CC1)C(=O)O. The number of carbonyl (C=O) groups is 3. The number of nitrogens with one attached hydrogen (secondary N) is 2. The number of pyridine rings is 1. The number of nitrogens with zero attached hydrogens (tertiary/aromatic N) is 2. The minimum absolute atomic E-state index is 0.122. The van der Waals surface area contributed by atoms with E-state index in [-0.39, 0.29) is 17.7 Å². The average Bonchev–Trinajstić information content (AvgIpc) is 2.87. The van der Waals surface area contributed by atoms with E-state index in [2.05, 4.69) is 21.7 Å². The van der Waals surface area contributed by atoms with Crippen molar-refractivity contribution < 1.29 is 19.5 Å². The van der Waals surface area contributed by atoms with Gasteiger partial charge in [0.1, 0.15) is 11.9 Å². The maximum Gasteiger partial charge on any atom is 0.326 e. The van der Waals surface area contributed by atoms with Crippen LogP contribution in [0.1, 0.15) is 83.4 Å². The summed E-state index contributed by atoms with van der Waals surface area (Å²) >= 11 is 0. The van der Waals surface area contributed by atoms with Gasteiger partial charge in [-0.1, -0.05) is 33.3 Å². The highest BCUT2D eigenvalue weighted by Crippen LogP contribution is 2.29. The van der Waals surface area contributed by atoms with E-state index < -0.39 is 17.4 Å². The van der Waals surface area contributed by atoms with Crippen LogP contribution in [0.25, 0.3) is 0 Å². The zero-order chi connectivity index (χ0) is 25.4. The molecule has 1 aromatic rings. The second-order valence-electron chi connectivity index (χ2n) is 10.4. The number of amides is 2. The number of hydrogen-bond acceptors (Lipinski definition) is 5. The molecule has 1 aromatic heterocycles. The fourth-order valence-corrected chi connectivity index (χ4v) is 5.21. The molecule has 3 rings (SSSR count). The molecular formula is C27H42N4O4. The minimum atomic E-state index is -0.987. The lowest BCUT2D eigenvalue weighted by atomic mass is 9.81. The highest BCUT2D eigenvalue weighted by molar-refractivity contribution is 5.87. The van der Waals surface area contributed by atoms with Crippen LogP contribution in [-0.2, 0) is 27.2 Å². The molecule has 2 atom stereocenters. The molecule has 3 N–H and O–H groups in total. The predicted octanol–water partition coefficient (Wildman–Crippen LogP) is 3.79. The highest BCUT2D eigenvalue weighted by atomic mass is 16.4. The summed E-state index contributed by atoms with van der Waals surface area (Å²) in [5, 5.41) is 15.9. The fourth-order valence-electron chi connectivity index (χ4n) is 5.21. The highest BCUT2D eigenvalue weighted by Gasteiger charge is 2.35. The number of hydrogen-bond donors (Lipinski definition) is 3. The van der Waals surface area contributed by atoms with E-state index in [1.807, 2.05) is 31.7 Å². The number of carbonyl (C=O) groups excluding carboxylic acids is 2. The van der Waals surface area contributed by atoms with E-state index in [9.17, 15) is 19.5 Å². The molecule has 0 radical (unpaired) electrons. The summed E-state index contributed by atoms with van der Waals surface area (Å²) in [5.74, 6) is 0.0907. The third-order valence-corrected chi connectivity index (χ3v) is 7.82. The molecule has 8 heteroatoms. The first-order valence-electron chi connectivity index (χ1n) is 13.3. The first kappa shape index (κ1) is 27.0. The summed E-state index contributed by atoms with van der Waals surface area (Å²) in [6.45, 7) is 8.12. The average molecular weight is 487 g/mol. The van der Waals surface area contributed by atoms with Crippen molar-refractivity contribution in [2.75, 3.05) is 25.0 Å². The van der Waals surface area contributed by atoms with Gasteiger partial charge in [0.25, 0.3) is 0 Å². The number of carboxylic acid groups (broad SMARTS) is 1. The van der Waals surface area contributed by atoms with Gasteiger partial charge in [-0.25, -0.2) is 9.78 Å². The Kier molecular flexibility index (Phi) is 9.52. The molecule has 0 aromatic carbocycles. The van der Waals surface area contributed by atoms with Crippen LogP contribution in [0.2, 0.25) is 0 Å². The number of piperidine rings is 1. The number of aliphatic carboxylic acids is 1. The molecule has 8 nitrogen and oxygen atoms in total. The van der Waals surface area contributed by atoms with Gasteiger partial charge in [0.2, 0.25) is 11.8 Å². The van der Waals surface area contributed by atoms with E-state index in [4.69, 9.17) is 0 Å². The van der Waals surface area contributed by atoms with Crippen LogP contribution in [0, 0.1) is 11.3 Å². The normalized spacial score (nSPS) is 18.7.